The van der Waals surface area contributed by atoms with E-state index in [1.165, 1.54) is 22.8 Å². The Hall–Kier alpha value is -3.29. The van der Waals surface area contributed by atoms with E-state index in [9.17, 15) is 14.0 Å². The summed E-state index contributed by atoms with van der Waals surface area (Å²) in [5.41, 5.74) is 6.22. The third-order valence-electron chi connectivity index (χ3n) is 5.38. The molecule has 6 nitrogen and oxygen atoms in total. The van der Waals surface area contributed by atoms with Gasteiger partial charge < -0.3 is 14.9 Å². The van der Waals surface area contributed by atoms with Crippen molar-refractivity contribution in [3.05, 3.63) is 77.6 Å². The molecule has 1 fully saturated rings. The minimum Gasteiger partial charge on any atom is -0.478 e. The monoisotopic (exact) mass is 439 g/mol. The van der Waals surface area contributed by atoms with E-state index < -0.39 is 11.9 Å². The van der Waals surface area contributed by atoms with Crippen molar-refractivity contribution in [1.82, 2.24) is 4.90 Å². The number of rotatable bonds is 6. The predicted molar refractivity (Wildman–Crippen MR) is 120 cm³/mol. The van der Waals surface area contributed by atoms with E-state index in [0.29, 0.717) is 12.2 Å². The highest BCUT2D eigenvalue weighted by Gasteiger charge is 2.19. The van der Waals surface area contributed by atoms with Crippen molar-refractivity contribution >= 4 is 17.5 Å². The third kappa shape index (κ3) is 6.60. The molecule has 0 atom stereocenters. The smallest absolute Gasteiger partial charge is 0.328 e. The Morgan fingerprint density at radius 2 is 1.66 bits per heavy atom. The maximum Gasteiger partial charge on any atom is 0.328 e. The molecule has 1 aliphatic carbocycles. The van der Waals surface area contributed by atoms with Crippen LogP contribution in [0.2, 0.25) is 0 Å². The molecule has 4 rings (SSSR count). The Bertz CT molecular complexity index is 1010. The van der Waals surface area contributed by atoms with Crippen molar-refractivity contribution in [2.24, 2.45) is 0 Å². The molecule has 0 aromatic heterocycles. The number of allylic oxidation sites excluding steroid dienone is 1. The number of aliphatic carboxylic acids is 2. The molecule has 0 radical (unpaired) electrons. The minimum absolute atomic E-state index is 0.177. The molecule has 0 saturated carbocycles. The van der Waals surface area contributed by atoms with E-state index in [0.717, 1.165) is 56.8 Å². The van der Waals surface area contributed by atoms with Crippen LogP contribution < -0.4 is 0 Å². The van der Waals surface area contributed by atoms with Gasteiger partial charge in [0.25, 0.3) is 0 Å². The second-order valence-corrected chi connectivity index (χ2v) is 7.49. The lowest BCUT2D eigenvalue weighted by Gasteiger charge is -2.26. The van der Waals surface area contributed by atoms with E-state index in [1.54, 1.807) is 12.1 Å². The molecule has 7 heteroatoms. The van der Waals surface area contributed by atoms with E-state index in [2.05, 4.69) is 29.2 Å². The predicted octanol–water partition coefficient (Wildman–Crippen LogP) is 3.87. The highest BCUT2D eigenvalue weighted by atomic mass is 19.1. The summed E-state index contributed by atoms with van der Waals surface area (Å²) >= 11 is 0. The first-order chi connectivity index (χ1) is 15.4. The maximum absolute atomic E-state index is 13.6. The van der Waals surface area contributed by atoms with E-state index in [-0.39, 0.29) is 5.82 Å². The van der Waals surface area contributed by atoms with Crippen molar-refractivity contribution in [1.29, 1.82) is 0 Å². The number of carbonyl (C=O) groups is 2. The largest absolute Gasteiger partial charge is 0.478 e. The molecule has 1 saturated heterocycles. The zero-order chi connectivity index (χ0) is 22.9. The molecule has 0 unspecified atom stereocenters. The lowest BCUT2D eigenvalue weighted by Crippen LogP contribution is -2.36. The highest BCUT2D eigenvalue weighted by Crippen LogP contribution is 2.36. The van der Waals surface area contributed by atoms with Crippen molar-refractivity contribution in [3.63, 3.8) is 0 Å². The van der Waals surface area contributed by atoms with E-state index in [1.807, 2.05) is 6.07 Å². The molecule has 1 heterocycles. The zero-order valence-corrected chi connectivity index (χ0v) is 17.7. The highest BCUT2D eigenvalue weighted by molar-refractivity contribution is 5.89. The Kier molecular flexibility index (Phi) is 8.30. The minimum atomic E-state index is -1.26. The van der Waals surface area contributed by atoms with Gasteiger partial charge in [0, 0.05) is 31.8 Å². The molecule has 1 aliphatic heterocycles. The summed E-state index contributed by atoms with van der Waals surface area (Å²) in [6.45, 7) is 4.84. The van der Waals surface area contributed by atoms with Crippen LogP contribution >= 0.6 is 0 Å². The summed E-state index contributed by atoms with van der Waals surface area (Å²) in [5, 5.41) is 15.6. The summed E-state index contributed by atoms with van der Waals surface area (Å²) in [4.78, 5) is 21.6. The molecule has 0 amide bonds. The summed E-state index contributed by atoms with van der Waals surface area (Å²) in [5.74, 6) is -2.69. The quantitative estimate of drug-likeness (QED) is 0.665. The molecule has 2 aromatic carbocycles. The molecule has 0 bridgehead atoms. The first kappa shape index (κ1) is 23.4. The Morgan fingerprint density at radius 1 is 1.00 bits per heavy atom. The van der Waals surface area contributed by atoms with Gasteiger partial charge in [-0.3, -0.25) is 4.90 Å². The molecule has 2 aromatic rings. The van der Waals surface area contributed by atoms with Gasteiger partial charge in [-0.05, 0) is 52.8 Å². The van der Waals surface area contributed by atoms with Crippen LogP contribution in [0.1, 0.15) is 17.5 Å². The standard InChI is InChI=1S/C21H22FNO.C4H4O4/c22-18-4-1-3-17(15-18)20-6-2-5-19-16(7-8-21(19)20)9-10-23-11-13-24-14-12-23;5-3(6)1-2-4(7)8/h1-7,15H,8-14H2;1-2H,(H,5,6)(H,7,8). The fourth-order valence-corrected chi connectivity index (χ4v) is 3.85. The second kappa shape index (κ2) is 11.4. The fraction of sp³-hybridized carbons (Fsp3) is 0.280. The number of nitrogens with zero attached hydrogens (tertiary/aromatic N) is 1. The van der Waals surface area contributed by atoms with Gasteiger partial charge >= 0.3 is 11.9 Å². The van der Waals surface area contributed by atoms with Crippen LogP contribution in [0, 0.1) is 5.82 Å². The molecule has 2 aliphatic rings. The molecular weight excluding hydrogens is 413 g/mol. The lowest BCUT2D eigenvalue weighted by molar-refractivity contribution is -0.134. The van der Waals surface area contributed by atoms with E-state index in [4.69, 9.17) is 14.9 Å². The second-order valence-electron chi connectivity index (χ2n) is 7.49. The summed E-state index contributed by atoms with van der Waals surface area (Å²) in [7, 11) is 0. The molecule has 32 heavy (non-hydrogen) atoms. The number of carboxylic acid groups (broad SMARTS) is 2. The topological polar surface area (TPSA) is 87.1 Å². The van der Waals surface area contributed by atoms with Gasteiger partial charge in [-0.2, -0.15) is 0 Å². The summed E-state index contributed by atoms with van der Waals surface area (Å²) in [6.07, 6.45) is 5.47. The number of ether oxygens (including phenoxy) is 1. The maximum atomic E-state index is 13.6. The van der Waals surface area contributed by atoms with Crippen LogP contribution in [0.4, 0.5) is 4.39 Å². The van der Waals surface area contributed by atoms with Crippen LogP contribution in [-0.4, -0.2) is 59.9 Å². The van der Waals surface area contributed by atoms with Gasteiger partial charge in [0.15, 0.2) is 0 Å². The summed E-state index contributed by atoms with van der Waals surface area (Å²) < 4.78 is 19.0. The lowest BCUT2D eigenvalue weighted by atomic mass is 9.94. The molecular formula is C25H26FNO5. The summed E-state index contributed by atoms with van der Waals surface area (Å²) in [6, 6.07) is 13.3. The van der Waals surface area contributed by atoms with Gasteiger partial charge in [0.2, 0.25) is 0 Å². The van der Waals surface area contributed by atoms with Crippen LogP contribution in [0.3, 0.4) is 0 Å². The first-order valence-electron chi connectivity index (χ1n) is 10.5. The van der Waals surface area contributed by atoms with Gasteiger partial charge in [-0.25, -0.2) is 14.0 Å². The number of fused-ring (bicyclic) bond motifs is 1. The molecule has 0 spiro atoms. The van der Waals surface area contributed by atoms with Crippen LogP contribution in [0.25, 0.3) is 16.7 Å². The van der Waals surface area contributed by atoms with Crippen LogP contribution in [0.5, 0.6) is 0 Å². The van der Waals surface area contributed by atoms with Gasteiger partial charge in [0.05, 0.1) is 13.2 Å². The Morgan fingerprint density at radius 3 is 2.31 bits per heavy atom. The average molecular weight is 439 g/mol. The Labute approximate surface area is 186 Å². The van der Waals surface area contributed by atoms with Crippen molar-refractivity contribution in [3.8, 4) is 11.1 Å². The van der Waals surface area contributed by atoms with Crippen LogP contribution in [-0.2, 0) is 20.7 Å². The fourth-order valence-electron chi connectivity index (χ4n) is 3.85. The molecule has 168 valence electrons. The van der Waals surface area contributed by atoms with Gasteiger partial charge in [-0.1, -0.05) is 36.4 Å². The van der Waals surface area contributed by atoms with Crippen molar-refractivity contribution < 1.29 is 28.9 Å². The average Bonchev–Trinajstić information content (AvgIpc) is 3.21. The van der Waals surface area contributed by atoms with E-state index >= 15 is 0 Å². The number of benzene rings is 2. The van der Waals surface area contributed by atoms with Crippen LogP contribution in [0.15, 0.2) is 60.7 Å². The van der Waals surface area contributed by atoms with Gasteiger partial charge in [-0.15, -0.1) is 0 Å². The zero-order valence-electron chi connectivity index (χ0n) is 17.7. The normalized spacial score (nSPS) is 15.6. The van der Waals surface area contributed by atoms with Crippen molar-refractivity contribution in [2.45, 2.75) is 12.8 Å². The number of morpholine rings is 1. The SMILES string of the molecule is Fc1cccc(-c2cccc3c2CC=C3CCN2CCOCC2)c1.O=C(O)C=CC(=O)O. The number of carboxylic acids is 2. The van der Waals surface area contributed by atoms with Gasteiger partial charge in [0.1, 0.15) is 5.82 Å². The Balaban J connectivity index is 0.000000312. The number of hydrogen-bond donors (Lipinski definition) is 2. The third-order valence-corrected chi connectivity index (χ3v) is 5.38. The number of hydrogen-bond acceptors (Lipinski definition) is 4. The first-order valence-corrected chi connectivity index (χ1v) is 10.5. The van der Waals surface area contributed by atoms with Crippen molar-refractivity contribution in [2.75, 3.05) is 32.8 Å². The molecule has 2 N–H and O–H groups in total. The number of halogens is 1.